The summed E-state index contributed by atoms with van der Waals surface area (Å²) in [5, 5.41) is 3.50. The fourth-order valence-corrected chi connectivity index (χ4v) is 2.89. The molecule has 104 valence electrons. The predicted octanol–water partition coefficient (Wildman–Crippen LogP) is 4.05. The maximum absolute atomic E-state index is 5.51. The van der Waals surface area contributed by atoms with Crippen molar-refractivity contribution in [3.63, 3.8) is 0 Å². The summed E-state index contributed by atoms with van der Waals surface area (Å²) in [6, 6.07) is 15.7. The summed E-state index contributed by atoms with van der Waals surface area (Å²) in [6.45, 7) is 6.84. The van der Waals surface area contributed by atoms with E-state index in [9.17, 15) is 0 Å². The SMILES string of the molecule is CCNC(C)c1ccccc1-c1ccc2c(c1)COC2. The van der Waals surface area contributed by atoms with Gasteiger partial charge in [-0.25, -0.2) is 0 Å². The van der Waals surface area contributed by atoms with E-state index in [2.05, 4.69) is 61.6 Å². The van der Waals surface area contributed by atoms with E-state index in [1.54, 1.807) is 0 Å². The van der Waals surface area contributed by atoms with Gasteiger partial charge in [-0.05, 0) is 47.4 Å². The van der Waals surface area contributed by atoms with Crippen molar-refractivity contribution in [1.82, 2.24) is 5.32 Å². The molecule has 2 heteroatoms. The second-order valence-electron chi connectivity index (χ2n) is 5.34. The Morgan fingerprint density at radius 3 is 2.75 bits per heavy atom. The molecule has 0 aromatic heterocycles. The van der Waals surface area contributed by atoms with E-state index in [0.717, 1.165) is 19.8 Å². The smallest absolute Gasteiger partial charge is 0.0725 e. The minimum Gasteiger partial charge on any atom is -0.372 e. The normalized spacial score (nSPS) is 15.1. The molecule has 2 aromatic carbocycles. The lowest BCUT2D eigenvalue weighted by molar-refractivity contribution is 0.134. The van der Waals surface area contributed by atoms with Crippen LogP contribution in [0.1, 0.15) is 36.6 Å². The molecule has 0 saturated carbocycles. The third kappa shape index (κ3) is 2.49. The van der Waals surface area contributed by atoms with Gasteiger partial charge in [-0.15, -0.1) is 0 Å². The van der Waals surface area contributed by atoms with E-state index < -0.39 is 0 Å². The average Bonchev–Trinajstić information content (AvgIpc) is 2.95. The lowest BCUT2D eigenvalue weighted by Crippen LogP contribution is -2.18. The van der Waals surface area contributed by atoms with Gasteiger partial charge in [-0.2, -0.15) is 0 Å². The summed E-state index contributed by atoms with van der Waals surface area (Å²) in [5.41, 5.74) is 6.61. The quantitative estimate of drug-likeness (QED) is 0.902. The molecule has 0 radical (unpaired) electrons. The molecule has 0 aliphatic carbocycles. The first-order valence-corrected chi connectivity index (χ1v) is 7.32. The number of fused-ring (bicyclic) bond motifs is 1. The molecule has 1 unspecified atom stereocenters. The van der Waals surface area contributed by atoms with Crippen LogP contribution in [0.25, 0.3) is 11.1 Å². The highest BCUT2D eigenvalue weighted by Crippen LogP contribution is 2.31. The van der Waals surface area contributed by atoms with Crippen LogP contribution in [0, 0.1) is 0 Å². The maximum Gasteiger partial charge on any atom is 0.0725 e. The van der Waals surface area contributed by atoms with E-state index in [0.29, 0.717) is 6.04 Å². The molecule has 1 heterocycles. The van der Waals surface area contributed by atoms with Gasteiger partial charge in [0, 0.05) is 6.04 Å². The molecular formula is C18H21NO. The number of benzene rings is 2. The molecule has 0 amide bonds. The highest BCUT2D eigenvalue weighted by Gasteiger charge is 2.15. The molecular weight excluding hydrogens is 246 g/mol. The Morgan fingerprint density at radius 2 is 1.90 bits per heavy atom. The van der Waals surface area contributed by atoms with E-state index in [1.165, 1.54) is 27.8 Å². The second kappa shape index (κ2) is 5.78. The minimum atomic E-state index is 0.362. The van der Waals surface area contributed by atoms with Crippen molar-refractivity contribution in [2.45, 2.75) is 33.1 Å². The van der Waals surface area contributed by atoms with E-state index in [1.807, 2.05) is 0 Å². The minimum absolute atomic E-state index is 0.362. The fraction of sp³-hybridized carbons (Fsp3) is 0.333. The molecule has 1 aliphatic heterocycles. The Hall–Kier alpha value is -1.64. The van der Waals surface area contributed by atoms with Crippen LogP contribution in [-0.2, 0) is 18.0 Å². The summed E-state index contributed by atoms with van der Waals surface area (Å²) in [6.07, 6.45) is 0. The fourth-order valence-electron chi connectivity index (χ4n) is 2.89. The number of rotatable bonds is 4. The molecule has 0 fully saturated rings. The Balaban J connectivity index is 2.01. The van der Waals surface area contributed by atoms with E-state index >= 15 is 0 Å². The highest BCUT2D eigenvalue weighted by atomic mass is 16.5. The summed E-state index contributed by atoms with van der Waals surface area (Å²) in [4.78, 5) is 0. The first-order valence-electron chi connectivity index (χ1n) is 7.32. The van der Waals surface area contributed by atoms with Crippen molar-refractivity contribution in [1.29, 1.82) is 0 Å². The largest absolute Gasteiger partial charge is 0.372 e. The summed E-state index contributed by atoms with van der Waals surface area (Å²) >= 11 is 0. The predicted molar refractivity (Wildman–Crippen MR) is 82.5 cm³/mol. The van der Waals surface area contributed by atoms with Crippen molar-refractivity contribution < 1.29 is 4.74 Å². The van der Waals surface area contributed by atoms with Crippen molar-refractivity contribution in [3.8, 4) is 11.1 Å². The molecule has 2 nitrogen and oxygen atoms in total. The van der Waals surface area contributed by atoms with Crippen molar-refractivity contribution in [3.05, 3.63) is 59.2 Å². The zero-order chi connectivity index (χ0) is 13.9. The van der Waals surface area contributed by atoms with Gasteiger partial charge in [-0.1, -0.05) is 43.3 Å². The summed E-state index contributed by atoms with van der Waals surface area (Å²) in [7, 11) is 0. The molecule has 0 bridgehead atoms. The number of hydrogen-bond acceptors (Lipinski definition) is 2. The lowest BCUT2D eigenvalue weighted by Gasteiger charge is -2.17. The van der Waals surface area contributed by atoms with Crippen LogP contribution in [-0.4, -0.2) is 6.54 Å². The van der Waals surface area contributed by atoms with Gasteiger partial charge in [-0.3, -0.25) is 0 Å². The van der Waals surface area contributed by atoms with Gasteiger partial charge in [0.15, 0.2) is 0 Å². The zero-order valence-electron chi connectivity index (χ0n) is 12.1. The van der Waals surface area contributed by atoms with Crippen LogP contribution < -0.4 is 5.32 Å². The standard InChI is InChI=1S/C18H21NO/c1-3-19-13(2)17-6-4-5-7-18(17)14-8-9-15-11-20-12-16(15)10-14/h4-10,13,19H,3,11-12H2,1-2H3. The first kappa shape index (κ1) is 13.3. The average molecular weight is 267 g/mol. The Bertz CT molecular complexity index is 606. The number of nitrogens with one attached hydrogen (secondary N) is 1. The molecule has 20 heavy (non-hydrogen) atoms. The maximum atomic E-state index is 5.51. The molecule has 1 aliphatic rings. The van der Waals surface area contributed by atoms with E-state index in [-0.39, 0.29) is 0 Å². The van der Waals surface area contributed by atoms with Crippen molar-refractivity contribution in [2.75, 3.05) is 6.54 Å². The van der Waals surface area contributed by atoms with Crippen LogP contribution in [0.3, 0.4) is 0 Å². The van der Waals surface area contributed by atoms with Gasteiger partial charge in [0.05, 0.1) is 13.2 Å². The van der Waals surface area contributed by atoms with Crippen LogP contribution in [0.4, 0.5) is 0 Å². The van der Waals surface area contributed by atoms with Crippen LogP contribution in [0.5, 0.6) is 0 Å². The van der Waals surface area contributed by atoms with Crippen molar-refractivity contribution in [2.24, 2.45) is 0 Å². The topological polar surface area (TPSA) is 21.3 Å². The monoisotopic (exact) mass is 267 g/mol. The second-order valence-corrected chi connectivity index (χ2v) is 5.34. The molecule has 1 atom stereocenters. The highest BCUT2D eigenvalue weighted by molar-refractivity contribution is 5.69. The molecule has 3 rings (SSSR count). The Morgan fingerprint density at radius 1 is 1.10 bits per heavy atom. The van der Waals surface area contributed by atoms with Crippen molar-refractivity contribution >= 4 is 0 Å². The summed E-state index contributed by atoms with van der Waals surface area (Å²) < 4.78 is 5.51. The first-order chi connectivity index (χ1) is 9.79. The zero-order valence-corrected chi connectivity index (χ0v) is 12.1. The molecule has 2 aromatic rings. The van der Waals surface area contributed by atoms with Crippen LogP contribution in [0.2, 0.25) is 0 Å². The Labute approximate surface area is 120 Å². The lowest BCUT2D eigenvalue weighted by atomic mass is 9.93. The van der Waals surface area contributed by atoms with Gasteiger partial charge >= 0.3 is 0 Å². The number of hydrogen-bond donors (Lipinski definition) is 1. The molecule has 0 spiro atoms. The van der Waals surface area contributed by atoms with Gasteiger partial charge in [0.25, 0.3) is 0 Å². The molecule has 0 saturated heterocycles. The Kier molecular flexibility index (Phi) is 3.86. The number of ether oxygens (including phenoxy) is 1. The third-order valence-electron chi connectivity index (χ3n) is 3.97. The third-order valence-corrected chi connectivity index (χ3v) is 3.97. The van der Waals surface area contributed by atoms with Crippen LogP contribution >= 0.6 is 0 Å². The van der Waals surface area contributed by atoms with Gasteiger partial charge in [0.1, 0.15) is 0 Å². The van der Waals surface area contributed by atoms with Crippen LogP contribution in [0.15, 0.2) is 42.5 Å². The van der Waals surface area contributed by atoms with E-state index in [4.69, 9.17) is 4.74 Å². The summed E-state index contributed by atoms with van der Waals surface area (Å²) in [5.74, 6) is 0. The molecule has 1 N–H and O–H groups in total. The van der Waals surface area contributed by atoms with Gasteiger partial charge < -0.3 is 10.1 Å². The van der Waals surface area contributed by atoms with Gasteiger partial charge in [0.2, 0.25) is 0 Å².